The quantitative estimate of drug-likeness (QED) is 0.686. The van der Waals surface area contributed by atoms with E-state index < -0.39 is 16.2 Å². The molecule has 0 amide bonds. The molecule has 17 heavy (non-hydrogen) atoms. The summed E-state index contributed by atoms with van der Waals surface area (Å²) in [5.74, 6) is -1.25. The van der Waals surface area contributed by atoms with E-state index in [1.165, 1.54) is 18.2 Å². The molecule has 0 saturated heterocycles. The minimum absolute atomic E-state index is 0.0338. The maximum Gasteiger partial charge on any atom is 0.354 e. The third kappa shape index (κ3) is 4.37. The van der Waals surface area contributed by atoms with Crippen LogP contribution in [0, 0.1) is 0 Å². The van der Waals surface area contributed by atoms with Gasteiger partial charge in [-0.3, -0.25) is 4.72 Å². The Morgan fingerprint density at radius 3 is 2.76 bits per heavy atom. The van der Waals surface area contributed by atoms with Crippen molar-refractivity contribution < 1.29 is 18.3 Å². The number of carboxylic acid groups (broad SMARTS) is 1. The average molecular weight is 259 g/mol. The Kier molecular flexibility index (Phi) is 4.41. The van der Waals surface area contributed by atoms with Crippen LogP contribution in [-0.2, 0) is 10.2 Å². The number of carboxylic acids is 1. The normalized spacial score (nSPS) is 11.1. The van der Waals surface area contributed by atoms with Gasteiger partial charge in [-0.2, -0.15) is 13.1 Å². The van der Waals surface area contributed by atoms with Crippen LogP contribution in [0.5, 0.6) is 0 Å². The second kappa shape index (κ2) is 5.60. The maximum atomic E-state index is 11.4. The first-order chi connectivity index (χ1) is 7.94. The number of rotatable bonds is 6. The summed E-state index contributed by atoms with van der Waals surface area (Å²) in [7, 11) is -3.69. The molecule has 1 aromatic rings. The fourth-order valence-electron chi connectivity index (χ4n) is 1.02. The number of hydrogen-bond donors (Lipinski definition) is 3. The minimum atomic E-state index is -3.69. The summed E-state index contributed by atoms with van der Waals surface area (Å²) in [5.41, 5.74) is -0.222. The topological polar surface area (TPSA) is 108 Å². The van der Waals surface area contributed by atoms with Crippen LogP contribution >= 0.6 is 0 Å². The predicted molar refractivity (Wildman–Crippen MR) is 62.0 cm³/mol. The van der Waals surface area contributed by atoms with Crippen molar-refractivity contribution in [3.05, 3.63) is 23.9 Å². The van der Waals surface area contributed by atoms with Gasteiger partial charge in [0.25, 0.3) is 10.2 Å². The standard InChI is InChI=1S/C9H13N3O4S/c1-2-6-10-17(15,16)12-8-5-3-4-7(11-8)9(13)14/h3-5,10H,2,6H2,1H3,(H,11,12)(H,13,14). The maximum absolute atomic E-state index is 11.4. The third-order valence-electron chi connectivity index (χ3n) is 1.75. The number of nitrogens with one attached hydrogen (secondary N) is 2. The van der Waals surface area contributed by atoms with Crippen LogP contribution in [0.2, 0.25) is 0 Å². The Morgan fingerprint density at radius 2 is 2.18 bits per heavy atom. The van der Waals surface area contributed by atoms with Gasteiger partial charge in [0.1, 0.15) is 5.82 Å². The summed E-state index contributed by atoms with van der Waals surface area (Å²) in [6.07, 6.45) is 0.656. The van der Waals surface area contributed by atoms with E-state index in [0.29, 0.717) is 13.0 Å². The lowest BCUT2D eigenvalue weighted by Gasteiger charge is -2.07. The summed E-state index contributed by atoms with van der Waals surface area (Å²) in [5, 5.41) is 8.69. The summed E-state index contributed by atoms with van der Waals surface area (Å²) in [4.78, 5) is 14.3. The van der Waals surface area contributed by atoms with E-state index in [1.54, 1.807) is 0 Å². The summed E-state index contributed by atoms with van der Waals surface area (Å²) in [6, 6.07) is 4.06. The van der Waals surface area contributed by atoms with Gasteiger partial charge in [-0.25, -0.2) is 9.78 Å². The highest BCUT2D eigenvalue weighted by Crippen LogP contribution is 2.06. The molecule has 0 atom stereocenters. The third-order valence-corrected chi connectivity index (χ3v) is 2.81. The number of pyridine rings is 1. The SMILES string of the molecule is CCCNS(=O)(=O)Nc1cccc(C(=O)O)n1. The van der Waals surface area contributed by atoms with Crippen molar-refractivity contribution in [2.45, 2.75) is 13.3 Å². The molecule has 0 radical (unpaired) electrons. The molecule has 0 aliphatic rings. The Morgan fingerprint density at radius 1 is 1.47 bits per heavy atom. The fourth-order valence-corrected chi connectivity index (χ4v) is 1.95. The minimum Gasteiger partial charge on any atom is -0.477 e. The van der Waals surface area contributed by atoms with E-state index in [1.807, 2.05) is 6.92 Å². The van der Waals surface area contributed by atoms with Gasteiger partial charge >= 0.3 is 5.97 Å². The van der Waals surface area contributed by atoms with E-state index in [0.717, 1.165) is 0 Å². The lowest BCUT2D eigenvalue weighted by atomic mass is 10.3. The van der Waals surface area contributed by atoms with Gasteiger partial charge < -0.3 is 5.11 Å². The Hall–Kier alpha value is -1.67. The second-order valence-corrected chi connectivity index (χ2v) is 4.71. The van der Waals surface area contributed by atoms with Crippen molar-refractivity contribution in [2.24, 2.45) is 0 Å². The Labute approximate surface area is 99.1 Å². The van der Waals surface area contributed by atoms with Gasteiger partial charge in [0.05, 0.1) is 0 Å². The number of hydrogen-bond acceptors (Lipinski definition) is 4. The van der Waals surface area contributed by atoms with Crippen LogP contribution in [0.25, 0.3) is 0 Å². The summed E-state index contributed by atoms with van der Waals surface area (Å²) in [6.45, 7) is 2.12. The highest BCUT2D eigenvalue weighted by Gasteiger charge is 2.11. The smallest absolute Gasteiger partial charge is 0.354 e. The lowest BCUT2D eigenvalue weighted by Crippen LogP contribution is -2.31. The summed E-state index contributed by atoms with van der Waals surface area (Å²) < 4.78 is 27.3. The molecule has 0 aliphatic carbocycles. The van der Waals surface area contributed by atoms with E-state index in [2.05, 4.69) is 14.4 Å². The van der Waals surface area contributed by atoms with Crippen LogP contribution in [0.4, 0.5) is 5.82 Å². The van der Waals surface area contributed by atoms with E-state index in [9.17, 15) is 13.2 Å². The largest absolute Gasteiger partial charge is 0.477 e. The van der Waals surface area contributed by atoms with Crippen molar-refractivity contribution in [1.82, 2.24) is 9.71 Å². The molecule has 0 bridgehead atoms. The molecule has 8 heteroatoms. The fraction of sp³-hybridized carbons (Fsp3) is 0.333. The molecule has 94 valence electrons. The van der Waals surface area contributed by atoms with E-state index >= 15 is 0 Å². The van der Waals surface area contributed by atoms with E-state index in [4.69, 9.17) is 5.11 Å². The molecule has 1 heterocycles. The van der Waals surface area contributed by atoms with E-state index in [-0.39, 0.29) is 11.5 Å². The van der Waals surface area contributed by atoms with Gasteiger partial charge in [-0.1, -0.05) is 13.0 Å². The molecule has 1 rings (SSSR count). The van der Waals surface area contributed by atoms with Crippen LogP contribution in [0.1, 0.15) is 23.8 Å². The molecule has 3 N–H and O–H groups in total. The molecule has 0 aromatic carbocycles. The van der Waals surface area contributed by atoms with Crippen molar-refractivity contribution in [3.8, 4) is 0 Å². The zero-order valence-corrected chi connectivity index (χ0v) is 9.99. The molecular weight excluding hydrogens is 246 g/mol. The molecule has 7 nitrogen and oxygen atoms in total. The van der Waals surface area contributed by atoms with Gasteiger partial charge in [-0.15, -0.1) is 0 Å². The monoisotopic (exact) mass is 259 g/mol. The molecule has 1 aromatic heterocycles. The summed E-state index contributed by atoms with van der Waals surface area (Å²) >= 11 is 0. The predicted octanol–water partition coefficient (Wildman–Crippen LogP) is 0.436. The van der Waals surface area contributed by atoms with Crippen LogP contribution in [0.15, 0.2) is 18.2 Å². The lowest BCUT2D eigenvalue weighted by molar-refractivity contribution is 0.0690. The van der Waals surface area contributed by atoms with Crippen LogP contribution < -0.4 is 9.44 Å². The molecule has 0 aliphatic heterocycles. The van der Waals surface area contributed by atoms with Crippen molar-refractivity contribution in [3.63, 3.8) is 0 Å². The zero-order valence-electron chi connectivity index (χ0n) is 9.17. The molecular formula is C9H13N3O4S. The number of aromatic carboxylic acids is 1. The number of carbonyl (C=O) groups is 1. The first-order valence-electron chi connectivity index (χ1n) is 4.92. The number of aromatic nitrogens is 1. The number of nitrogens with zero attached hydrogens (tertiary/aromatic N) is 1. The van der Waals surface area contributed by atoms with Crippen molar-refractivity contribution in [2.75, 3.05) is 11.3 Å². The molecule has 0 fully saturated rings. The van der Waals surface area contributed by atoms with Gasteiger partial charge in [0.15, 0.2) is 5.69 Å². The average Bonchev–Trinajstić information content (AvgIpc) is 2.26. The van der Waals surface area contributed by atoms with Crippen molar-refractivity contribution >= 4 is 22.0 Å². The first kappa shape index (κ1) is 13.4. The first-order valence-corrected chi connectivity index (χ1v) is 6.40. The second-order valence-electron chi connectivity index (χ2n) is 3.21. The van der Waals surface area contributed by atoms with Gasteiger partial charge in [0.2, 0.25) is 0 Å². The highest BCUT2D eigenvalue weighted by atomic mass is 32.2. The van der Waals surface area contributed by atoms with Crippen LogP contribution in [0.3, 0.4) is 0 Å². The Balaban J connectivity index is 2.81. The Bertz CT molecular complexity index is 501. The van der Waals surface area contributed by atoms with Gasteiger partial charge in [-0.05, 0) is 18.6 Å². The number of anilines is 1. The molecule has 0 unspecified atom stereocenters. The highest BCUT2D eigenvalue weighted by molar-refractivity contribution is 7.90. The molecule has 0 saturated carbocycles. The van der Waals surface area contributed by atoms with Crippen LogP contribution in [-0.4, -0.2) is 31.0 Å². The molecule has 0 spiro atoms. The van der Waals surface area contributed by atoms with Crippen molar-refractivity contribution in [1.29, 1.82) is 0 Å². The zero-order chi connectivity index (χ0) is 12.9. The van der Waals surface area contributed by atoms with Gasteiger partial charge in [0, 0.05) is 6.54 Å².